The highest BCUT2D eigenvalue weighted by atomic mass is 16.5. The lowest BCUT2D eigenvalue weighted by atomic mass is 9.98. The summed E-state index contributed by atoms with van der Waals surface area (Å²) in [6.07, 6.45) is 4.90. The van der Waals surface area contributed by atoms with Crippen LogP contribution >= 0.6 is 0 Å². The van der Waals surface area contributed by atoms with E-state index in [9.17, 15) is 19.2 Å². The van der Waals surface area contributed by atoms with E-state index in [2.05, 4.69) is 27.3 Å². The van der Waals surface area contributed by atoms with Crippen molar-refractivity contribution in [3.8, 4) is 17.2 Å². The summed E-state index contributed by atoms with van der Waals surface area (Å²) >= 11 is 0. The molecule has 1 aromatic heterocycles. The van der Waals surface area contributed by atoms with Gasteiger partial charge in [-0.05, 0) is 101 Å². The number of nitrogens with zero attached hydrogens (tertiary/aromatic N) is 2. The average molecular weight is 701 g/mol. The van der Waals surface area contributed by atoms with Crippen molar-refractivity contribution in [1.29, 1.82) is 0 Å². The van der Waals surface area contributed by atoms with Gasteiger partial charge in [0.1, 0.15) is 16.4 Å². The fourth-order valence-corrected chi connectivity index (χ4v) is 6.25. The number of rotatable bonds is 10. The highest BCUT2D eigenvalue weighted by Gasteiger charge is 2.19. The number of ether oxygens (including phenoxy) is 3. The Kier molecular flexibility index (Phi) is 10.8. The van der Waals surface area contributed by atoms with Crippen molar-refractivity contribution < 1.29 is 23.8 Å². The first kappa shape index (κ1) is 35.6. The number of fused-ring (bicyclic) bond motifs is 1. The molecule has 0 radical (unpaired) electrons. The summed E-state index contributed by atoms with van der Waals surface area (Å²) in [5.41, 5.74) is 5.03. The molecule has 11 heteroatoms. The van der Waals surface area contributed by atoms with Crippen LogP contribution in [-0.2, 0) is 31.2 Å². The zero-order chi connectivity index (χ0) is 36.8. The molecule has 0 atom stereocenters. The second-order valence-electron chi connectivity index (χ2n) is 12.6. The molecular weight excluding hydrogens is 660 g/mol. The summed E-state index contributed by atoms with van der Waals surface area (Å²) in [4.78, 5) is 55.9. The number of amides is 1. The van der Waals surface area contributed by atoms with E-state index < -0.39 is 17.1 Å². The van der Waals surface area contributed by atoms with Crippen LogP contribution in [0.3, 0.4) is 0 Å². The van der Waals surface area contributed by atoms with Gasteiger partial charge in [-0.25, -0.2) is 0 Å². The van der Waals surface area contributed by atoms with Crippen LogP contribution < -0.4 is 41.3 Å². The van der Waals surface area contributed by atoms with Crippen molar-refractivity contribution in [2.24, 2.45) is 7.05 Å². The molecule has 4 aromatic carbocycles. The van der Waals surface area contributed by atoms with E-state index in [4.69, 9.17) is 14.2 Å². The van der Waals surface area contributed by atoms with E-state index >= 15 is 0 Å². The minimum Gasteiger partial charge on any atom is -0.493 e. The van der Waals surface area contributed by atoms with Gasteiger partial charge in [0.25, 0.3) is 17.0 Å². The lowest BCUT2D eigenvalue weighted by molar-refractivity contribution is -0.131. The van der Waals surface area contributed by atoms with Crippen LogP contribution in [0.4, 0.5) is 5.69 Å². The number of carbonyl (C=O) groups excluding carboxylic acids is 2. The molecule has 0 saturated carbocycles. The zero-order valence-electron chi connectivity index (χ0n) is 29.5. The van der Waals surface area contributed by atoms with Crippen molar-refractivity contribution in [2.45, 2.75) is 26.3 Å². The monoisotopic (exact) mass is 700 g/mol. The molecule has 1 aliphatic heterocycles. The third-order valence-electron chi connectivity index (χ3n) is 8.99. The van der Waals surface area contributed by atoms with Crippen molar-refractivity contribution in [3.05, 3.63) is 150 Å². The van der Waals surface area contributed by atoms with Crippen LogP contribution in [0.25, 0.3) is 12.2 Å². The number of esters is 1. The van der Waals surface area contributed by atoms with Crippen LogP contribution in [0.1, 0.15) is 45.1 Å². The SMILES string of the molecule is COc1cc2c(cc1OC)CN(CCc1ccc(NC(=O)c3cccc(/C=c4\[nH]c(=O)/c(=C/c5cccc(OC(C)=O)c5)n(C)c4=O)c3)cc1)CC2. The fourth-order valence-electron chi connectivity index (χ4n) is 6.25. The molecule has 2 heterocycles. The van der Waals surface area contributed by atoms with Gasteiger partial charge >= 0.3 is 5.97 Å². The second-order valence-corrected chi connectivity index (χ2v) is 12.6. The van der Waals surface area contributed by atoms with E-state index in [1.807, 2.05) is 24.3 Å². The van der Waals surface area contributed by atoms with Gasteiger partial charge in [0.05, 0.1) is 14.2 Å². The lowest BCUT2D eigenvalue weighted by Gasteiger charge is -2.29. The maximum Gasteiger partial charge on any atom is 0.308 e. The van der Waals surface area contributed by atoms with Crippen LogP contribution in [0, 0.1) is 0 Å². The lowest BCUT2D eigenvalue weighted by Crippen LogP contribution is -2.52. The normalized spacial score (nSPS) is 13.4. The third-order valence-corrected chi connectivity index (χ3v) is 8.99. The van der Waals surface area contributed by atoms with Gasteiger partial charge in [-0.15, -0.1) is 0 Å². The molecule has 6 rings (SSSR count). The highest BCUT2D eigenvalue weighted by molar-refractivity contribution is 6.04. The van der Waals surface area contributed by atoms with Gasteiger partial charge in [-0.1, -0.05) is 36.4 Å². The summed E-state index contributed by atoms with van der Waals surface area (Å²) in [7, 11) is 4.82. The first-order chi connectivity index (χ1) is 25.1. The fraction of sp³-hybridized carbons (Fsp3) is 0.220. The van der Waals surface area contributed by atoms with E-state index in [-0.39, 0.29) is 16.6 Å². The van der Waals surface area contributed by atoms with Gasteiger partial charge in [-0.3, -0.25) is 24.1 Å². The third kappa shape index (κ3) is 8.39. The number of carbonyl (C=O) groups is 2. The van der Waals surface area contributed by atoms with Crippen molar-refractivity contribution in [3.63, 3.8) is 0 Å². The Morgan fingerprint density at radius 1 is 0.865 bits per heavy atom. The number of hydrogen-bond acceptors (Lipinski definition) is 8. The minimum atomic E-state index is -0.480. The number of anilines is 1. The molecule has 0 bridgehead atoms. The number of H-pyrrole nitrogens is 1. The van der Waals surface area contributed by atoms with E-state index in [1.165, 1.54) is 47.4 Å². The molecule has 0 saturated heterocycles. The summed E-state index contributed by atoms with van der Waals surface area (Å²) in [5.74, 6) is 1.07. The average Bonchev–Trinajstić information content (AvgIpc) is 3.14. The van der Waals surface area contributed by atoms with Crippen molar-refractivity contribution in [1.82, 2.24) is 14.5 Å². The Labute approximate surface area is 300 Å². The Hall–Kier alpha value is -6.20. The molecule has 0 spiro atoms. The largest absolute Gasteiger partial charge is 0.493 e. The van der Waals surface area contributed by atoms with Crippen LogP contribution in [0.2, 0.25) is 0 Å². The van der Waals surface area contributed by atoms with Gasteiger partial charge in [0.15, 0.2) is 11.5 Å². The molecule has 0 unspecified atom stereocenters. The maximum absolute atomic E-state index is 13.2. The van der Waals surface area contributed by atoms with Gasteiger partial charge in [0, 0.05) is 44.9 Å². The minimum absolute atomic E-state index is 0.0696. The van der Waals surface area contributed by atoms with Crippen LogP contribution in [0.5, 0.6) is 17.2 Å². The molecule has 1 amide bonds. The van der Waals surface area contributed by atoms with Gasteiger partial charge in [0.2, 0.25) is 0 Å². The van der Waals surface area contributed by atoms with Crippen LogP contribution in [-0.4, -0.2) is 53.6 Å². The quantitative estimate of drug-likeness (QED) is 0.167. The Bertz CT molecular complexity index is 2380. The number of methoxy groups -OCH3 is 2. The maximum atomic E-state index is 13.2. The number of hydrogen-bond donors (Lipinski definition) is 2. The van der Waals surface area contributed by atoms with E-state index in [0.29, 0.717) is 28.1 Å². The molecule has 2 N–H and O–H groups in total. The molecular formula is C41H40N4O7. The molecule has 1 aliphatic rings. The predicted molar refractivity (Wildman–Crippen MR) is 200 cm³/mol. The summed E-state index contributed by atoms with van der Waals surface area (Å²) in [5, 5.41) is 3.14. The van der Waals surface area contributed by atoms with Gasteiger partial charge in [-0.2, -0.15) is 0 Å². The van der Waals surface area contributed by atoms with Crippen molar-refractivity contribution >= 4 is 29.7 Å². The summed E-state index contributed by atoms with van der Waals surface area (Å²) in [6.45, 7) is 4.03. The molecule has 52 heavy (non-hydrogen) atoms. The van der Waals surface area contributed by atoms with Crippen molar-refractivity contribution in [2.75, 3.05) is 32.6 Å². The predicted octanol–water partition coefficient (Wildman–Crippen LogP) is 3.53. The Balaban J connectivity index is 1.10. The second kappa shape index (κ2) is 15.8. The molecule has 5 aromatic rings. The number of benzene rings is 4. The Morgan fingerprint density at radius 3 is 2.27 bits per heavy atom. The standard InChI is InChI=1S/C41H40N4O7/c1-26(46)52-34-10-6-8-29(20-34)22-36-40(48)43-35(41(49)44(36)2)21-28-7-5-9-31(19-28)39(47)42-33-13-11-27(12-14-33)15-17-45-18-16-30-23-37(50-3)38(51-4)24-32(30)25-45/h5-14,19-24H,15-18,25H2,1-4H3,(H,42,47)(H,43,48)/b35-21-,36-22-. The molecule has 266 valence electrons. The Morgan fingerprint density at radius 2 is 1.56 bits per heavy atom. The first-order valence-electron chi connectivity index (χ1n) is 16.9. The smallest absolute Gasteiger partial charge is 0.308 e. The summed E-state index contributed by atoms with van der Waals surface area (Å²) < 4.78 is 17.3. The van der Waals surface area contributed by atoms with Gasteiger partial charge < -0.3 is 29.1 Å². The highest BCUT2D eigenvalue weighted by Crippen LogP contribution is 2.33. The number of aromatic nitrogens is 2. The number of nitrogens with one attached hydrogen (secondary N) is 2. The summed E-state index contributed by atoms with van der Waals surface area (Å²) in [6, 6.07) is 25.4. The molecule has 0 fully saturated rings. The van der Waals surface area contributed by atoms with E-state index in [0.717, 1.165) is 44.0 Å². The zero-order valence-corrected chi connectivity index (χ0v) is 29.5. The molecule has 0 aliphatic carbocycles. The first-order valence-corrected chi connectivity index (χ1v) is 16.9. The van der Waals surface area contributed by atoms with E-state index in [1.54, 1.807) is 62.8 Å². The number of aromatic amines is 1. The van der Waals surface area contributed by atoms with Crippen LogP contribution in [0.15, 0.2) is 94.5 Å². The molecule has 11 nitrogen and oxygen atoms in total. The topological polar surface area (TPSA) is 132 Å².